The van der Waals surface area contributed by atoms with E-state index in [-0.39, 0.29) is 36.7 Å². The molecule has 1 aliphatic rings. The van der Waals surface area contributed by atoms with E-state index in [2.05, 4.69) is 0 Å². The summed E-state index contributed by atoms with van der Waals surface area (Å²) in [5, 5.41) is 1.60. The second kappa shape index (κ2) is 8.38. The number of hydrogen-bond acceptors (Lipinski definition) is 4. The van der Waals surface area contributed by atoms with Crippen molar-refractivity contribution in [1.29, 1.82) is 0 Å². The first-order valence-corrected chi connectivity index (χ1v) is 10.6. The Kier molecular flexibility index (Phi) is 5.63. The highest BCUT2D eigenvalue weighted by molar-refractivity contribution is 6.25. The third kappa shape index (κ3) is 3.98. The van der Waals surface area contributed by atoms with Crippen molar-refractivity contribution < 1.29 is 18.8 Å². The molecule has 160 valence electrons. The Morgan fingerprint density at radius 1 is 1.00 bits per heavy atom. The highest BCUT2D eigenvalue weighted by atomic mass is 16.3. The van der Waals surface area contributed by atoms with E-state index in [4.69, 9.17) is 4.42 Å². The number of benzene rings is 2. The first-order valence-electron chi connectivity index (χ1n) is 10.6. The maximum Gasteiger partial charge on any atom is 0.261 e. The van der Waals surface area contributed by atoms with Gasteiger partial charge in [0.15, 0.2) is 0 Å². The van der Waals surface area contributed by atoms with E-state index >= 15 is 0 Å². The van der Waals surface area contributed by atoms with Crippen LogP contribution < -0.4 is 0 Å². The van der Waals surface area contributed by atoms with E-state index < -0.39 is 0 Å². The van der Waals surface area contributed by atoms with Crippen molar-refractivity contribution in [3.8, 4) is 0 Å². The third-order valence-corrected chi connectivity index (χ3v) is 5.69. The molecule has 6 nitrogen and oxygen atoms in total. The average molecular weight is 418 g/mol. The molecule has 3 aromatic rings. The van der Waals surface area contributed by atoms with E-state index in [0.717, 1.165) is 16.9 Å². The maximum atomic E-state index is 13.0. The van der Waals surface area contributed by atoms with Gasteiger partial charge in [-0.15, -0.1) is 0 Å². The average Bonchev–Trinajstić information content (AvgIpc) is 3.17. The second-order valence-electron chi connectivity index (χ2n) is 8.20. The van der Waals surface area contributed by atoms with Crippen molar-refractivity contribution in [3.63, 3.8) is 0 Å². The molecule has 31 heavy (non-hydrogen) atoms. The topological polar surface area (TPSA) is 70.8 Å². The highest BCUT2D eigenvalue weighted by Gasteiger charge is 2.32. The molecule has 2 aromatic carbocycles. The van der Waals surface area contributed by atoms with Crippen LogP contribution in [0.4, 0.5) is 0 Å². The number of nitrogens with zero attached hydrogens (tertiary/aromatic N) is 2. The van der Waals surface area contributed by atoms with Gasteiger partial charge in [0, 0.05) is 35.5 Å². The first-order chi connectivity index (χ1) is 14.9. The summed E-state index contributed by atoms with van der Waals surface area (Å²) in [7, 11) is 0. The number of aryl methyl sites for hydroxylation is 1. The molecule has 0 fully saturated rings. The van der Waals surface area contributed by atoms with Gasteiger partial charge in [0.05, 0.1) is 6.54 Å². The van der Waals surface area contributed by atoms with Crippen LogP contribution in [0.5, 0.6) is 0 Å². The van der Waals surface area contributed by atoms with Crippen LogP contribution in [0.1, 0.15) is 58.9 Å². The van der Waals surface area contributed by atoms with Crippen molar-refractivity contribution in [1.82, 2.24) is 9.80 Å². The van der Waals surface area contributed by atoms with Crippen LogP contribution in [-0.4, -0.2) is 40.1 Å². The molecule has 3 amide bonds. The van der Waals surface area contributed by atoms with Crippen molar-refractivity contribution in [3.05, 3.63) is 71.2 Å². The minimum Gasteiger partial charge on any atom is -0.464 e. The molecule has 2 heterocycles. The Labute approximate surface area is 181 Å². The van der Waals surface area contributed by atoms with Crippen molar-refractivity contribution in [2.45, 2.75) is 46.2 Å². The number of carbonyl (C=O) groups excluding carboxylic acids is 3. The van der Waals surface area contributed by atoms with Crippen molar-refractivity contribution in [2.75, 3.05) is 6.54 Å². The van der Waals surface area contributed by atoms with Gasteiger partial charge in [0.25, 0.3) is 11.8 Å². The summed E-state index contributed by atoms with van der Waals surface area (Å²) in [4.78, 5) is 41.8. The lowest BCUT2D eigenvalue weighted by molar-refractivity contribution is -0.134. The predicted octanol–water partition coefficient (Wildman–Crippen LogP) is 4.55. The summed E-state index contributed by atoms with van der Waals surface area (Å²) in [6, 6.07) is 14.7. The lowest BCUT2D eigenvalue weighted by Crippen LogP contribution is -2.41. The smallest absolute Gasteiger partial charge is 0.261 e. The zero-order chi connectivity index (χ0) is 22.1. The molecule has 4 rings (SSSR count). The van der Waals surface area contributed by atoms with Crippen LogP contribution in [0.3, 0.4) is 0 Å². The maximum absolute atomic E-state index is 13.0. The summed E-state index contributed by atoms with van der Waals surface area (Å²) >= 11 is 0. The summed E-state index contributed by atoms with van der Waals surface area (Å²) in [6.07, 6.45) is 0.662. The van der Waals surface area contributed by atoms with Gasteiger partial charge in [-0.2, -0.15) is 0 Å². The van der Waals surface area contributed by atoms with E-state index in [1.807, 2.05) is 57.2 Å². The molecule has 0 unspecified atom stereocenters. The number of carbonyl (C=O) groups is 3. The highest BCUT2D eigenvalue weighted by Crippen LogP contribution is 2.30. The van der Waals surface area contributed by atoms with Crippen LogP contribution in [-0.2, 0) is 11.3 Å². The fourth-order valence-electron chi connectivity index (χ4n) is 4.11. The first kappa shape index (κ1) is 20.8. The van der Waals surface area contributed by atoms with Gasteiger partial charge in [-0.05, 0) is 56.8 Å². The summed E-state index contributed by atoms with van der Waals surface area (Å²) in [6.45, 7) is 6.41. The number of rotatable bonds is 7. The molecule has 0 N–H and O–H groups in total. The summed E-state index contributed by atoms with van der Waals surface area (Å²) in [5.41, 5.74) is 1.08. The predicted molar refractivity (Wildman–Crippen MR) is 118 cm³/mol. The SMILES string of the molecule is Cc1ccc(CN(C(=O)CCCN2C(=O)c3cccc4cccc(c34)C2=O)C(C)C)o1. The second-order valence-corrected chi connectivity index (χ2v) is 8.20. The molecule has 1 aliphatic heterocycles. The van der Waals surface area contributed by atoms with Gasteiger partial charge in [-0.25, -0.2) is 0 Å². The molecule has 0 bridgehead atoms. The normalized spacial score (nSPS) is 13.4. The minimum absolute atomic E-state index is 0.0145. The fourth-order valence-corrected chi connectivity index (χ4v) is 4.11. The zero-order valence-electron chi connectivity index (χ0n) is 18.1. The van der Waals surface area contributed by atoms with Gasteiger partial charge < -0.3 is 9.32 Å². The minimum atomic E-state index is -0.298. The van der Waals surface area contributed by atoms with Crippen molar-refractivity contribution >= 4 is 28.5 Å². The molecule has 6 heteroatoms. The molecule has 0 radical (unpaired) electrons. The number of furan rings is 1. The Hall–Kier alpha value is -3.41. The number of hydrogen-bond donors (Lipinski definition) is 0. The monoisotopic (exact) mass is 418 g/mol. The Morgan fingerprint density at radius 2 is 1.65 bits per heavy atom. The van der Waals surface area contributed by atoms with Gasteiger partial charge in [-0.3, -0.25) is 19.3 Å². The molecular formula is C25H26N2O4. The number of amides is 3. The quantitative estimate of drug-likeness (QED) is 0.528. The zero-order valence-corrected chi connectivity index (χ0v) is 18.1. The van der Waals surface area contributed by atoms with Gasteiger partial charge in [0.2, 0.25) is 5.91 Å². The molecule has 0 atom stereocenters. The van der Waals surface area contributed by atoms with Crippen LogP contribution in [0.2, 0.25) is 0 Å². The van der Waals surface area contributed by atoms with Crippen molar-refractivity contribution in [2.24, 2.45) is 0 Å². The van der Waals surface area contributed by atoms with Crippen LogP contribution in [0, 0.1) is 6.92 Å². The molecule has 0 spiro atoms. The number of imide groups is 1. The van der Waals surface area contributed by atoms with Gasteiger partial charge in [0.1, 0.15) is 11.5 Å². The Morgan fingerprint density at radius 3 is 2.19 bits per heavy atom. The van der Waals surface area contributed by atoms with Crippen LogP contribution >= 0.6 is 0 Å². The fraction of sp³-hybridized carbons (Fsp3) is 0.320. The molecule has 0 saturated carbocycles. The Bertz CT molecular complexity index is 1110. The van der Waals surface area contributed by atoms with E-state index in [1.54, 1.807) is 17.0 Å². The molecule has 0 saturated heterocycles. The lowest BCUT2D eigenvalue weighted by Gasteiger charge is -2.28. The largest absolute Gasteiger partial charge is 0.464 e. The van der Waals surface area contributed by atoms with Crippen LogP contribution in [0.15, 0.2) is 52.9 Å². The third-order valence-electron chi connectivity index (χ3n) is 5.69. The molecular weight excluding hydrogens is 392 g/mol. The standard InChI is InChI=1S/C25H26N2O4/c1-16(2)27(15-19-13-12-17(3)31-19)22(28)11-6-14-26-24(29)20-9-4-7-18-8-5-10-21(23(18)20)25(26)30/h4-5,7-10,12-13,16H,6,11,14-15H2,1-3H3. The lowest BCUT2D eigenvalue weighted by atomic mass is 9.94. The van der Waals surface area contributed by atoms with E-state index in [1.165, 1.54) is 4.90 Å². The van der Waals surface area contributed by atoms with Crippen LogP contribution in [0.25, 0.3) is 10.8 Å². The summed E-state index contributed by atoms with van der Waals surface area (Å²) in [5.74, 6) is 0.930. The van der Waals surface area contributed by atoms with E-state index in [9.17, 15) is 14.4 Å². The summed E-state index contributed by atoms with van der Waals surface area (Å²) < 4.78 is 5.61. The van der Waals surface area contributed by atoms with Gasteiger partial charge >= 0.3 is 0 Å². The molecule has 0 aliphatic carbocycles. The van der Waals surface area contributed by atoms with Gasteiger partial charge in [-0.1, -0.05) is 24.3 Å². The molecule has 1 aromatic heterocycles. The Balaban J connectivity index is 1.44. The van der Waals surface area contributed by atoms with E-state index in [0.29, 0.717) is 29.5 Å².